The van der Waals surface area contributed by atoms with Crippen LogP contribution in [0.4, 0.5) is 13.2 Å². The zero-order valence-corrected chi connectivity index (χ0v) is 14.1. The summed E-state index contributed by atoms with van der Waals surface area (Å²) < 4.78 is 65.2. The molecule has 0 bridgehead atoms. The Hall–Kier alpha value is -0.830. The first-order chi connectivity index (χ1) is 10.3. The van der Waals surface area contributed by atoms with Crippen LogP contribution in [-0.4, -0.2) is 31.9 Å². The van der Waals surface area contributed by atoms with Crippen molar-refractivity contribution in [1.82, 2.24) is 4.31 Å². The highest BCUT2D eigenvalue weighted by Gasteiger charge is 2.36. The molecule has 23 heavy (non-hydrogen) atoms. The molecule has 1 aliphatic heterocycles. The zero-order chi connectivity index (χ0) is 16.4. The quantitative estimate of drug-likeness (QED) is 0.883. The Balaban J connectivity index is 0.00000264. The predicted molar refractivity (Wildman–Crippen MR) is 84.7 cm³/mol. The van der Waals surface area contributed by atoms with Gasteiger partial charge in [0.15, 0.2) is 0 Å². The maximum Gasteiger partial charge on any atom is 0.416 e. The molecule has 9 heteroatoms. The van der Waals surface area contributed by atoms with Crippen molar-refractivity contribution in [3.05, 3.63) is 35.4 Å². The molecular weight excluding hydrogens is 353 g/mol. The van der Waals surface area contributed by atoms with Crippen LogP contribution in [0, 0.1) is 0 Å². The maximum absolute atomic E-state index is 13.0. The van der Waals surface area contributed by atoms with Crippen LogP contribution < -0.4 is 5.73 Å². The minimum Gasteiger partial charge on any atom is -0.329 e. The summed E-state index contributed by atoms with van der Waals surface area (Å²) in [7, 11) is -3.83. The lowest BCUT2D eigenvalue weighted by Gasteiger charge is -2.34. The van der Waals surface area contributed by atoms with Crippen LogP contribution in [0.3, 0.4) is 0 Å². The standard InChI is InChI=1S/C14H19F3N2O2S.ClH/c15-14(16,17)13-7-2-1-5-11(13)10-22(20,21)19-8-4-3-6-12(19)9-18;/h1-2,5,7,12H,3-4,6,8-10,18H2;1H. The number of hydrogen-bond acceptors (Lipinski definition) is 3. The zero-order valence-electron chi connectivity index (χ0n) is 12.4. The van der Waals surface area contributed by atoms with Crippen molar-refractivity contribution in [3.63, 3.8) is 0 Å². The highest BCUT2D eigenvalue weighted by Crippen LogP contribution is 2.33. The molecular formula is C14H20ClF3N2O2S. The fourth-order valence-electron chi connectivity index (χ4n) is 2.78. The molecule has 1 fully saturated rings. The van der Waals surface area contributed by atoms with Crippen LogP contribution >= 0.6 is 12.4 Å². The summed E-state index contributed by atoms with van der Waals surface area (Å²) in [6, 6.07) is 4.46. The van der Waals surface area contributed by atoms with Gasteiger partial charge in [0, 0.05) is 19.1 Å². The molecule has 0 aliphatic carbocycles. The fourth-order valence-corrected chi connectivity index (χ4v) is 4.64. The smallest absolute Gasteiger partial charge is 0.329 e. The lowest BCUT2D eigenvalue weighted by molar-refractivity contribution is -0.138. The van der Waals surface area contributed by atoms with Crippen molar-refractivity contribution in [1.29, 1.82) is 0 Å². The van der Waals surface area contributed by atoms with E-state index in [9.17, 15) is 21.6 Å². The van der Waals surface area contributed by atoms with Crippen molar-refractivity contribution in [2.24, 2.45) is 5.73 Å². The van der Waals surface area contributed by atoms with Crippen molar-refractivity contribution in [3.8, 4) is 0 Å². The minimum atomic E-state index is -4.57. The third kappa shape index (κ3) is 4.82. The average Bonchev–Trinajstić information content (AvgIpc) is 2.46. The molecule has 0 radical (unpaired) electrons. The molecule has 2 N–H and O–H groups in total. The van der Waals surface area contributed by atoms with Crippen LogP contribution in [-0.2, 0) is 22.0 Å². The van der Waals surface area contributed by atoms with Crippen LogP contribution in [0.5, 0.6) is 0 Å². The molecule has 1 unspecified atom stereocenters. The first kappa shape index (κ1) is 20.2. The van der Waals surface area contributed by atoms with Crippen molar-refractivity contribution >= 4 is 22.4 Å². The normalized spacial score (nSPS) is 20.1. The fraction of sp³-hybridized carbons (Fsp3) is 0.571. The van der Waals surface area contributed by atoms with Crippen molar-refractivity contribution in [2.75, 3.05) is 13.1 Å². The number of hydrogen-bond donors (Lipinski definition) is 1. The third-order valence-corrected chi connectivity index (χ3v) is 5.73. The molecule has 0 saturated carbocycles. The van der Waals surface area contributed by atoms with E-state index in [0.717, 1.165) is 12.5 Å². The Kier molecular flexibility index (Phi) is 6.88. The van der Waals surface area contributed by atoms with Crippen LogP contribution in [0.1, 0.15) is 30.4 Å². The van der Waals surface area contributed by atoms with Gasteiger partial charge < -0.3 is 5.73 Å². The first-order valence-electron chi connectivity index (χ1n) is 7.10. The molecule has 1 aromatic rings. The predicted octanol–water partition coefficient (Wildman–Crippen LogP) is 2.77. The van der Waals surface area contributed by atoms with Gasteiger partial charge in [0.25, 0.3) is 0 Å². The lowest BCUT2D eigenvalue weighted by atomic mass is 10.1. The minimum absolute atomic E-state index is 0. The Bertz CT molecular complexity index is 623. The number of sulfonamides is 1. The topological polar surface area (TPSA) is 63.4 Å². The molecule has 1 heterocycles. The molecule has 0 aromatic heterocycles. The van der Waals surface area contributed by atoms with E-state index >= 15 is 0 Å². The Morgan fingerprint density at radius 1 is 1.22 bits per heavy atom. The second-order valence-electron chi connectivity index (χ2n) is 5.41. The highest BCUT2D eigenvalue weighted by molar-refractivity contribution is 7.88. The first-order valence-corrected chi connectivity index (χ1v) is 8.71. The maximum atomic E-state index is 13.0. The molecule has 0 spiro atoms. The van der Waals surface area contributed by atoms with Gasteiger partial charge in [0.2, 0.25) is 10.0 Å². The summed E-state index contributed by atoms with van der Waals surface area (Å²) in [5, 5.41) is 0. The summed E-state index contributed by atoms with van der Waals surface area (Å²) >= 11 is 0. The number of rotatable bonds is 4. The molecule has 4 nitrogen and oxygen atoms in total. The van der Waals surface area contributed by atoms with E-state index in [4.69, 9.17) is 5.73 Å². The van der Waals surface area contributed by atoms with Gasteiger partial charge in [0.05, 0.1) is 11.3 Å². The summed E-state index contributed by atoms with van der Waals surface area (Å²) in [4.78, 5) is 0. The van der Waals surface area contributed by atoms with Gasteiger partial charge >= 0.3 is 6.18 Å². The second kappa shape index (κ2) is 7.83. The van der Waals surface area contributed by atoms with E-state index in [1.807, 2.05) is 0 Å². The van der Waals surface area contributed by atoms with Gasteiger partial charge in [-0.25, -0.2) is 8.42 Å². The van der Waals surface area contributed by atoms with Crippen LogP contribution in [0.15, 0.2) is 24.3 Å². The van der Waals surface area contributed by atoms with E-state index in [1.54, 1.807) is 0 Å². The monoisotopic (exact) mass is 372 g/mol. The molecule has 1 aliphatic rings. The Morgan fingerprint density at radius 2 is 1.87 bits per heavy atom. The van der Waals surface area contributed by atoms with Gasteiger partial charge in [-0.2, -0.15) is 17.5 Å². The van der Waals surface area contributed by atoms with Gasteiger partial charge in [0.1, 0.15) is 0 Å². The number of piperidine rings is 1. The molecule has 1 saturated heterocycles. The number of alkyl halides is 3. The average molecular weight is 373 g/mol. The number of nitrogens with zero attached hydrogens (tertiary/aromatic N) is 1. The summed E-state index contributed by atoms with van der Waals surface area (Å²) in [5.74, 6) is -0.654. The van der Waals surface area contributed by atoms with Crippen molar-refractivity contribution in [2.45, 2.75) is 37.2 Å². The van der Waals surface area contributed by atoms with Crippen molar-refractivity contribution < 1.29 is 21.6 Å². The van der Waals surface area contributed by atoms with Gasteiger partial charge in [-0.3, -0.25) is 0 Å². The largest absolute Gasteiger partial charge is 0.416 e. The van der Waals surface area contributed by atoms with E-state index < -0.39 is 27.5 Å². The van der Waals surface area contributed by atoms with E-state index in [1.165, 1.54) is 22.5 Å². The number of nitrogens with two attached hydrogens (primary N) is 1. The Morgan fingerprint density at radius 3 is 2.48 bits per heavy atom. The van der Waals surface area contributed by atoms with Gasteiger partial charge in [-0.15, -0.1) is 12.4 Å². The summed E-state index contributed by atoms with van der Waals surface area (Å²) in [6.45, 7) is 0.499. The molecule has 0 amide bonds. The SMILES string of the molecule is Cl.NCC1CCCCN1S(=O)(=O)Cc1ccccc1C(F)(F)F. The van der Waals surface area contributed by atoms with Crippen LogP contribution in [0.2, 0.25) is 0 Å². The second-order valence-corrected chi connectivity index (χ2v) is 7.33. The Labute approximate surface area is 140 Å². The number of halogens is 4. The summed E-state index contributed by atoms with van der Waals surface area (Å²) in [5.41, 5.74) is 4.47. The summed E-state index contributed by atoms with van der Waals surface area (Å²) in [6.07, 6.45) is -2.33. The van der Waals surface area contributed by atoms with Crippen LogP contribution in [0.25, 0.3) is 0 Å². The van der Waals surface area contributed by atoms with E-state index in [2.05, 4.69) is 0 Å². The molecule has 1 aromatic carbocycles. The molecule has 2 rings (SSSR count). The van der Waals surface area contributed by atoms with E-state index in [0.29, 0.717) is 19.4 Å². The third-order valence-electron chi connectivity index (χ3n) is 3.86. The van der Waals surface area contributed by atoms with E-state index in [-0.39, 0.29) is 30.6 Å². The van der Waals surface area contributed by atoms with Gasteiger partial charge in [-0.05, 0) is 24.5 Å². The van der Waals surface area contributed by atoms with Gasteiger partial charge in [-0.1, -0.05) is 24.6 Å². The molecule has 1 atom stereocenters. The number of benzene rings is 1. The highest BCUT2D eigenvalue weighted by atomic mass is 35.5. The molecule has 132 valence electrons. The lowest BCUT2D eigenvalue weighted by Crippen LogP contribution is -2.47.